The number of sulfonamides is 1. The number of hydrogen-bond acceptors (Lipinski definition) is 7. The van der Waals surface area contributed by atoms with Gasteiger partial charge in [-0.3, -0.25) is 15.1 Å². The summed E-state index contributed by atoms with van der Waals surface area (Å²) in [5.41, 5.74) is 6.57. The zero-order chi connectivity index (χ0) is 14.8. The third-order valence-electron chi connectivity index (χ3n) is 2.39. The molecule has 0 atom stereocenters. The summed E-state index contributed by atoms with van der Waals surface area (Å²) in [7, 11) is -4.00. The van der Waals surface area contributed by atoms with E-state index in [0.29, 0.717) is 4.88 Å². The average Bonchev–Trinajstić information content (AvgIpc) is 2.89. The summed E-state index contributed by atoms with van der Waals surface area (Å²) in [5, 5.41) is 10.9. The monoisotopic (exact) mass is 314 g/mol. The SMILES string of the molecule is Nc1ccc(S(=O)(=O)NCc2cncs2)c([N+](=O)[O-])c1. The first-order valence-corrected chi connectivity index (χ1v) is 7.67. The van der Waals surface area contributed by atoms with Crippen molar-refractivity contribution in [1.29, 1.82) is 0 Å². The Hall–Kier alpha value is -2.04. The predicted octanol–water partition coefficient (Wildman–Crippen LogP) is 1.11. The molecule has 1 heterocycles. The number of hydrogen-bond donors (Lipinski definition) is 2. The van der Waals surface area contributed by atoms with E-state index in [1.165, 1.54) is 23.6 Å². The van der Waals surface area contributed by atoms with E-state index in [1.807, 2.05) is 0 Å². The maximum Gasteiger partial charge on any atom is 0.291 e. The molecule has 0 unspecified atom stereocenters. The molecule has 8 nitrogen and oxygen atoms in total. The van der Waals surface area contributed by atoms with Gasteiger partial charge in [-0.1, -0.05) is 0 Å². The topological polar surface area (TPSA) is 128 Å². The molecule has 0 radical (unpaired) electrons. The number of nitrogen functional groups attached to an aromatic ring is 1. The molecule has 0 aliphatic carbocycles. The molecule has 2 rings (SSSR count). The number of anilines is 1. The molecule has 0 spiro atoms. The Bertz CT molecular complexity index is 728. The Labute approximate surface area is 118 Å². The highest BCUT2D eigenvalue weighted by molar-refractivity contribution is 7.89. The van der Waals surface area contributed by atoms with Gasteiger partial charge in [-0.2, -0.15) is 0 Å². The van der Waals surface area contributed by atoms with Crippen molar-refractivity contribution in [3.63, 3.8) is 0 Å². The molecular weight excluding hydrogens is 304 g/mol. The summed E-state index contributed by atoms with van der Waals surface area (Å²) in [6.07, 6.45) is 1.52. The first-order valence-electron chi connectivity index (χ1n) is 5.31. The highest BCUT2D eigenvalue weighted by Gasteiger charge is 2.25. The van der Waals surface area contributed by atoms with Crippen LogP contribution in [0.15, 0.2) is 34.8 Å². The van der Waals surface area contributed by atoms with Gasteiger partial charge >= 0.3 is 0 Å². The van der Waals surface area contributed by atoms with Gasteiger partial charge in [-0.05, 0) is 12.1 Å². The van der Waals surface area contributed by atoms with E-state index in [4.69, 9.17) is 5.73 Å². The Balaban J connectivity index is 2.31. The highest BCUT2D eigenvalue weighted by atomic mass is 32.2. The van der Waals surface area contributed by atoms with Crippen molar-refractivity contribution in [3.8, 4) is 0 Å². The van der Waals surface area contributed by atoms with Crippen LogP contribution in [0.25, 0.3) is 0 Å². The van der Waals surface area contributed by atoms with E-state index < -0.39 is 25.5 Å². The van der Waals surface area contributed by atoms with Crippen molar-refractivity contribution in [2.24, 2.45) is 0 Å². The van der Waals surface area contributed by atoms with Crippen LogP contribution >= 0.6 is 11.3 Å². The molecule has 0 saturated carbocycles. The number of nitrogens with zero attached hydrogens (tertiary/aromatic N) is 2. The standard InChI is InChI=1S/C10H10N4O4S2/c11-7-1-2-10(9(3-7)14(15)16)20(17,18)13-5-8-4-12-6-19-8/h1-4,6,13H,5,11H2. The van der Waals surface area contributed by atoms with Crippen LogP contribution in [0.5, 0.6) is 0 Å². The smallest absolute Gasteiger partial charge is 0.291 e. The molecule has 1 aromatic heterocycles. The zero-order valence-electron chi connectivity index (χ0n) is 10.0. The molecule has 0 amide bonds. The van der Waals surface area contributed by atoms with Crippen LogP contribution < -0.4 is 10.5 Å². The van der Waals surface area contributed by atoms with Crippen molar-refractivity contribution in [2.45, 2.75) is 11.4 Å². The van der Waals surface area contributed by atoms with Crippen molar-refractivity contribution in [2.75, 3.05) is 5.73 Å². The lowest BCUT2D eigenvalue weighted by atomic mass is 10.3. The van der Waals surface area contributed by atoms with Crippen molar-refractivity contribution in [1.82, 2.24) is 9.71 Å². The minimum atomic E-state index is -4.00. The number of aromatic nitrogens is 1. The van der Waals surface area contributed by atoms with Gasteiger partial charge in [0.2, 0.25) is 10.0 Å². The van der Waals surface area contributed by atoms with Crippen LogP contribution in [0.4, 0.5) is 11.4 Å². The first kappa shape index (κ1) is 14.4. The molecule has 3 N–H and O–H groups in total. The van der Waals surface area contributed by atoms with Crippen LogP contribution in [-0.2, 0) is 16.6 Å². The number of nitro groups is 1. The molecule has 0 saturated heterocycles. The van der Waals surface area contributed by atoms with Gasteiger partial charge in [0.25, 0.3) is 5.69 Å². The van der Waals surface area contributed by atoms with Crippen LogP contribution in [0.1, 0.15) is 4.88 Å². The van der Waals surface area contributed by atoms with Gasteiger partial charge in [0.05, 0.1) is 10.4 Å². The van der Waals surface area contributed by atoms with Crippen LogP contribution in [-0.4, -0.2) is 18.3 Å². The zero-order valence-corrected chi connectivity index (χ0v) is 11.6. The van der Waals surface area contributed by atoms with Crippen LogP contribution in [0, 0.1) is 10.1 Å². The lowest BCUT2D eigenvalue weighted by Gasteiger charge is -2.06. The van der Waals surface area contributed by atoms with Gasteiger partial charge in [-0.25, -0.2) is 13.1 Å². The van der Waals surface area contributed by atoms with E-state index >= 15 is 0 Å². The van der Waals surface area contributed by atoms with Crippen LogP contribution in [0.3, 0.4) is 0 Å². The fraction of sp³-hybridized carbons (Fsp3) is 0.100. The Kier molecular flexibility index (Phi) is 3.97. The van der Waals surface area contributed by atoms with E-state index in [-0.39, 0.29) is 12.2 Å². The lowest BCUT2D eigenvalue weighted by molar-refractivity contribution is -0.387. The average molecular weight is 314 g/mol. The van der Waals surface area contributed by atoms with Gasteiger partial charge in [0.15, 0.2) is 4.90 Å². The third-order valence-corrected chi connectivity index (χ3v) is 4.62. The second kappa shape index (κ2) is 5.53. The van der Waals surface area contributed by atoms with Gasteiger partial charge in [0.1, 0.15) is 0 Å². The predicted molar refractivity (Wildman–Crippen MR) is 73.6 cm³/mol. The summed E-state index contributed by atoms with van der Waals surface area (Å²) in [4.78, 5) is 14.2. The van der Waals surface area contributed by atoms with Gasteiger partial charge in [0, 0.05) is 29.4 Å². The number of nitro benzene ring substituents is 1. The maximum atomic E-state index is 12.1. The summed E-state index contributed by atoms with van der Waals surface area (Å²) < 4.78 is 26.5. The Morgan fingerprint density at radius 3 is 2.80 bits per heavy atom. The first-order chi connectivity index (χ1) is 9.40. The van der Waals surface area contributed by atoms with Crippen LogP contribution in [0.2, 0.25) is 0 Å². The molecule has 10 heteroatoms. The second-order valence-electron chi connectivity index (χ2n) is 3.78. The Morgan fingerprint density at radius 1 is 1.45 bits per heavy atom. The molecule has 0 bridgehead atoms. The normalized spacial score (nSPS) is 11.4. The largest absolute Gasteiger partial charge is 0.399 e. The van der Waals surface area contributed by atoms with E-state index in [1.54, 1.807) is 5.51 Å². The van der Waals surface area contributed by atoms with E-state index in [9.17, 15) is 18.5 Å². The third kappa shape index (κ3) is 3.10. The molecule has 0 aliphatic rings. The minimum absolute atomic E-state index is 0.0224. The van der Waals surface area contributed by atoms with Crippen molar-refractivity contribution in [3.05, 3.63) is 44.9 Å². The summed E-state index contributed by atoms with van der Waals surface area (Å²) in [6.45, 7) is 0.0224. The van der Waals surface area contributed by atoms with E-state index in [0.717, 1.165) is 12.1 Å². The van der Waals surface area contributed by atoms with Crippen molar-refractivity contribution < 1.29 is 13.3 Å². The maximum absolute atomic E-state index is 12.1. The number of rotatable bonds is 5. The van der Waals surface area contributed by atoms with Crippen molar-refractivity contribution >= 4 is 32.7 Å². The summed E-state index contributed by atoms with van der Waals surface area (Å²) in [5.74, 6) is 0. The quantitative estimate of drug-likeness (QED) is 0.483. The molecule has 20 heavy (non-hydrogen) atoms. The number of nitrogens with one attached hydrogen (secondary N) is 1. The molecule has 2 aromatic rings. The lowest BCUT2D eigenvalue weighted by Crippen LogP contribution is -2.23. The molecule has 106 valence electrons. The van der Waals surface area contributed by atoms with Gasteiger partial charge < -0.3 is 5.73 Å². The second-order valence-corrected chi connectivity index (χ2v) is 6.48. The molecular formula is C10H10N4O4S2. The Morgan fingerprint density at radius 2 is 2.20 bits per heavy atom. The summed E-state index contributed by atoms with van der Waals surface area (Å²) in [6, 6.07) is 3.43. The molecule has 0 aliphatic heterocycles. The molecule has 1 aromatic carbocycles. The highest BCUT2D eigenvalue weighted by Crippen LogP contribution is 2.26. The fourth-order valence-electron chi connectivity index (χ4n) is 1.48. The van der Waals surface area contributed by atoms with Gasteiger partial charge in [-0.15, -0.1) is 11.3 Å². The number of nitrogens with two attached hydrogens (primary N) is 1. The molecule has 0 fully saturated rings. The number of thiazole rings is 1. The number of benzene rings is 1. The van der Waals surface area contributed by atoms with E-state index in [2.05, 4.69) is 9.71 Å². The fourth-order valence-corrected chi connectivity index (χ4v) is 3.26. The minimum Gasteiger partial charge on any atom is -0.399 e. The summed E-state index contributed by atoms with van der Waals surface area (Å²) >= 11 is 1.28.